The van der Waals surface area contributed by atoms with Gasteiger partial charge in [0.2, 0.25) is 0 Å². The number of methoxy groups -OCH3 is 1. The van der Waals surface area contributed by atoms with Crippen molar-refractivity contribution in [3.63, 3.8) is 0 Å². The molecule has 116 valence electrons. The molecule has 2 aromatic carbocycles. The van der Waals surface area contributed by atoms with Crippen molar-refractivity contribution in [2.45, 2.75) is 35.8 Å². The predicted molar refractivity (Wildman–Crippen MR) is 101 cm³/mol. The predicted octanol–water partition coefficient (Wildman–Crippen LogP) is 5.23. The topological polar surface area (TPSA) is 12.5 Å². The Hall–Kier alpha value is -1.23. The number of anilines is 1. The Morgan fingerprint density at radius 1 is 1.05 bits per heavy atom. The molecule has 0 aliphatic carbocycles. The fourth-order valence-electron chi connectivity index (χ4n) is 3.36. The van der Waals surface area contributed by atoms with E-state index in [0.717, 1.165) is 5.75 Å². The minimum Gasteiger partial charge on any atom is -0.497 e. The summed E-state index contributed by atoms with van der Waals surface area (Å²) in [6, 6.07) is 19.7. The van der Waals surface area contributed by atoms with Crippen LogP contribution in [0.5, 0.6) is 5.75 Å². The molecule has 2 atom stereocenters. The summed E-state index contributed by atoms with van der Waals surface area (Å²) in [7, 11) is 1.71. The highest BCUT2D eigenvalue weighted by molar-refractivity contribution is 14.1. The number of rotatable bonds is 3. The van der Waals surface area contributed by atoms with Crippen LogP contribution in [0.25, 0.3) is 0 Å². The van der Waals surface area contributed by atoms with Gasteiger partial charge in [-0.15, -0.1) is 0 Å². The van der Waals surface area contributed by atoms with Gasteiger partial charge in [0.25, 0.3) is 0 Å². The van der Waals surface area contributed by atoms with E-state index >= 15 is 0 Å². The van der Waals surface area contributed by atoms with Gasteiger partial charge in [-0.1, -0.05) is 52.9 Å². The van der Waals surface area contributed by atoms with Crippen LogP contribution in [0, 0.1) is 0 Å². The fourth-order valence-corrected chi connectivity index (χ4v) is 4.14. The van der Waals surface area contributed by atoms with E-state index in [1.165, 1.54) is 17.7 Å². The van der Waals surface area contributed by atoms with Gasteiger partial charge in [-0.2, -0.15) is 0 Å². The highest BCUT2D eigenvalue weighted by atomic mass is 127. The lowest BCUT2D eigenvalue weighted by Gasteiger charge is -2.39. The molecule has 0 aromatic heterocycles. The molecule has 1 fully saturated rings. The second-order valence-electron chi connectivity index (χ2n) is 6.35. The molecule has 1 heterocycles. The van der Waals surface area contributed by atoms with Crippen molar-refractivity contribution in [1.29, 1.82) is 0 Å². The monoisotopic (exact) mass is 407 g/mol. The Labute approximate surface area is 146 Å². The van der Waals surface area contributed by atoms with Crippen LogP contribution in [-0.2, 0) is 0 Å². The zero-order valence-corrected chi connectivity index (χ0v) is 15.4. The van der Waals surface area contributed by atoms with Crippen LogP contribution in [-0.4, -0.2) is 16.6 Å². The summed E-state index contributed by atoms with van der Waals surface area (Å²) in [6.45, 7) is 4.69. The Morgan fingerprint density at radius 2 is 1.68 bits per heavy atom. The van der Waals surface area contributed by atoms with Crippen molar-refractivity contribution in [2.24, 2.45) is 0 Å². The molecule has 1 saturated heterocycles. The maximum absolute atomic E-state index is 5.30. The highest BCUT2D eigenvalue weighted by Gasteiger charge is 2.46. The van der Waals surface area contributed by atoms with Gasteiger partial charge in [0, 0.05) is 15.2 Å². The third kappa shape index (κ3) is 2.71. The number of alkyl halides is 1. The molecule has 1 aliphatic rings. The number of hydrogen-bond donors (Lipinski definition) is 0. The van der Waals surface area contributed by atoms with E-state index < -0.39 is 0 Å². The summed E-state index contributed by atoms with van der Waals surface area (Å²) < 4.78 is 5.91. The number of hydrogen-bond acceptors (Lipinski definition) is 2. The first-order valence-electron chi connectivity index (χ1n) is 7.66. The van der Waals surface area contributed by atoms with E-state index in [9.17, 15) is 0 Å². The van der Waals surface area contributed by atoms with Crippen molar-refractivity contribution in [3.05, 3.63) is 60.2 Å². The van der Waals surface area contributed by atoms with E-state index in [1.807, 2.05) is 12.1 Å². The lowest BCUT2D eigenvalue weighted by atomic mass is 10.0. The van der Waals surface area contributed by atoms with Crippen molar-refractivity contribution < 1.29 is 4.74 Å². The third-order valence-electron chi connectivity index (χ3n) is 4.66. The van der Waals surface area contributed by atoms with Crippen LogP contribution < -0.4 is 9.64 Å². The zero-order valence-electron chi connectivity index (χ0n) is 13.3. The van der Waals surface area contributed by atoms with Gasteiger partial charge in [-0.05, 0) is 50.1 Å². The molecule has 1 aliphatic heterocycles. The highest BCUT2D eigenvalue weighted by Crippen LogP contribution is 2.48. The summed E-state index contributed by atoms with van der Waals surface area (Å²) in [5.41, 5.74) is 2.78. The molecule has 22 heavy (non-hydrogen) atoms. The second kappa shape index (κ2) is 6.11. The average molecular weight is 407 g/mol. The molecule has 0 bridgehead atoms. The summed E-state index contributed by atoms with van der Waals surface area (Å²) in [5.74, 6) is 0.906. The molecule has 2 aromatic rings. The van der Waals surface area contributed by atoms with Crippen molar-refractivity contribution in [2.75, 3.05) is 12.0 Å². The Morgan fingerprint density at radius 3 is 2.27 bits per heavy atom. The van der Waals surface area contributed by atoms with Gasteiger partial charge in [0.1, 0.15) is 5.75 Å². The van der Waals surface area contributed by atoms with Crippen molar-refractivity contribution in [3.8, 4) is 5.75 Å². The van der Waals surface area contributed by atoms with E-state index in [-0.39, 0.29) is 5.54 Å². The summed E-state index contributed by atoms with van der Waals surface area (Å²) in [4.78, 5) is 2.57. The van der Waals surface area contributed by atoms with Crippen LogP contribution in [0.15, 0.2) is 54.6 Å². The quantitative estimate of drug-likeness (QED) is 0.511. The lowest BCUT2D eigenvalue weighted by Crippen LogP contribution is -2.43. The molecule has 0 spiro atoms. The summed E-state index contributed by atoms with van der Waals surface area (Å²) in [6.07, 6.45) is 1.17. The third-order valence-corrected chi connectivity index (χ3v) is 6.70. The molecule has 2 nitrogen and oxygen atoms in total. The van der Waals surface area contributed by atoms with E-state index in [4.69, 9.17) is 4.74 Å². The van der Waals surface area contributed by atoms with Crippen molar-refractivity contribution in [1.82, 2.24) is 0 Å². The fraction of sp³-hybridized carbons (Fsp3) is 0.368. The first-order valence-corrected chi connectivity index (χ1v) is 8.91. The molecule has 0 N–H and O–H groups in total. The zero-order chi connectivity index (χ0) is 15.7. The van der Waals surface area contributed by atoms with E-state index in [1.54, 1.807) is 7.11 Å². The Balaban J connectivity index is 2.02. The molecule has 3 heteroatoms. The number of nitrogens with zero attached hydrogens (tertiary/aromatic N) is 1. The van der Waals surface area contributed by atoms with Gasteiger partial charge in [-0.25, -0.2) is 0 Å². The van der Waals surface area contributed by atoms with Gasteiger partial charge < -0.3 is 9.64 Å². The number of benzene rings is 2. The number of halogens is 1. The van der Waals surface area contributed by atoms with Crippen molar-refractivity contribution >= 4 is 28.3 Å². The van der Waals surface area contributed by atoms with Gasteiger partial charge >= 0.3 is 0 Å². The van der Waals surface area contributed by atoms with E-state index in [2.05, 4.69) is 83.8 Å². The minimum absolute atomic E-state index is 0.121. The van der Waals surface area contributed by atoms with Crippen LogP contribution in [0.2, 0.25) is 0 Å². The standard InChI is InChI=1S/C19H22INO/c1-19(2)18(20)13-17(14-7-5-4-6-8-14)21(19)15-9-11-16(22-3)12-10-15/h4-12,17-18H,13H2,1-3H3/t17-,18-/m0/s1. The van der Waals surface area contributed by atoms with Crippen LogP contribution in [0.3, 0.4) is 0 Å². The minimum atomic E-state index is 0.121. The molecule has 0 amide bonds. The average Bonchev–Trinajstić information content (AvgIpc) is 2.78. The summed E-state index contributed by atoms with van der Waals surface area (Å²) in [5, 5.41) is 0. The van der Waals surface area contributed by atoms with Crippen LogP contribution >= 0.6 is 22.6 Å². The maximum atomic E-state index is 5.30. The second-order valence-corrected chi connectivity index (χ2v) is 7.86. The first kappa shape index (κ1) is 15.7. The molecular weight excluding hydrogens is 385 g/mol. The normalized spacial score (nSPS) is 23.5. The number of ether oxygens (including phenoxy) is 1. The molecule has 0 unspecified atom stereocenters. The molecule has 3 rings (SSSR count). The Bertz CT molecular complexity index is 624. The van der Waals surface area contributed by atoms with Crippen LogP contribution in [0.1, 0.15) is 31.9 Å². The Kier molecular flexibility index (Phi) is 4.35. The van der Waals surface area contributed by atoms with Gasteiger partial charge in [-0.3, -0.25) is 0 Å². The summed E-state index contributed by atoms with van der Waals surface area (Å²) >= 11 is 2.61. The van der Waals surface area contributed by atoms with Crippen LogP contribution in [0.4, 0.5) is 5.69 Å². The molecule has 0 radical (unpaired) electrons. The smallest absolute Gasteiger partial charge is 0.119 e. The molecular formula is C19H22INO. The lowest BCUT2D eigenvalue weighted by molar-refractivity contribution is 0.414. The maximum Gasteiger partial charge on any atom is 0.119 e. The molecule has 0 saturated carbocycles. The van der Waals surface area contributed by atoms with Gasteiger partial charge in [0.15, 0.2) is 0 Å². The van der Waals surface area contributed by atoms with E-state index in [0.29, 0.717) is 9.97 Å². The van der Waals surface area contributed by atoms with Gasteiger partial charge in [0.05, 0.1) is 13.2 Å². The SMILES string of the molecule is COc1ccc(N2[C@H](c3ccccc3)C[C@H](I)C2(C)C)cc1. The largest absolute Gasteiger partial charge is 0.497 e. The first-order chi connectivity index (χ1) is 10.5.